The van der Waals surface area contributed by atoms with E-state index in [9.17, 15) is 13.8 Å². The van der Waals surface area contributed by atoms with E-state index in [1.165, 1.54) is 11.1 Å². The lowest BCUT2D eigenvalue weighted by molar-refractivity contribution is -0.241. The Balaban J connectivity index is 1.25. The van der Waals surface area contributed by atoms with Gasteiger partial charge in [0.15, 0.2) is 6.29 Å². The maximum absolute atomic E-state index is 14.0. The number of fused-ring (bicyclic) bond motifs is 4. The van der Waals surface area contributed by atoms with Crippen LogP contribution in [0, 0.1) is 23.7 Å². The van der Waals surface area contributed by atoms with Gasteiger partial charge in [0.2, 0.25) is 5.91 Å². The van der Waals surface area contributed by atoms with E-state index in [0.29, 0.717) is 37.2 Å². The van der Waals surface area contributed by atoms with Gasteiger partial charge in [0, 0.05) is 54.2 Å². The van der Waals surface area contributed by atoms with Crippen LogP contribution in [0.4, 0.5) is 5.69 Å². The van der Waals surface area contributed by atoms with Crippen molar-refractivity contribution in [3.05, 3.63) is 58.1 Å². The van der Waals surface area contributed by atoms with Gasteiger partial charge in [0.1, 0.15) is 5.75 Å². The molecule has 2 aromatic carbocycles. The zero-order valence-electron chi connectivity index (χ0n) is 30.5. The summed E-state index contributed by atoms with van der Waals surface area (Å²) in [7, 11) is -1.13. The van der Waals surface area contributed by atoms with Crippen LogP contribution in [0.1, 0.15) is 87.2 Å². The SMILES string of the molecule is C=S1(=O)NC(=O)c2ccc3c(c2)N(C[C@@H]2CC[C@H]2[C@H](C2OCC(N(C)C(C)=O)CO2)CCC[C@H](C)[C@H]1C)C[C@@]1(CCCc2cc(Cl)ccc21)CO3. The zero-order valence-corrected chi connectivity index (χ0v) is 32.1. The van der Waals surface area contributed by atoms with Gasteiger partial charge in [-0.05, 0) is 117 Å². The molecule has 1 saturated carbocycles. The number of halogens is 1. The van der Waals surface area contributed by atoms with Crippen molar-refractivity contribution >= 4 is 44.7 Å². The highest BCUT2D eigenvalue weighted by atomic mass is 35.5. The number of hydrogen-bond acceptors (Lipinski definition) is 7. The average molecular weight is 740 g/mol. The summed E-state index contributed by atoms with van der Waals surface area (Å²) in [6.45, 7) is 8.63. The molecule has 9 nitrogen and oxygen atoms in total. The van der Waals surface area contributed by atoms with Crippen molar-refractivity contribution in [1.29, 1.82) is 0 Å². The molecule has 278 valence electrons. The van der Waals surface area contributed by atoms with Crippen LogP contribution in [0.3, 0.4) is 0 Å². The van der Waals surface area contributed by atoms with Crippen molar-refractivity contribution in [2.75, 3.05) is 44.9 Å². The summed E-state index contributed by atoms with van der Waals surface area (Å²) in [4.78, 5) is 30.0. The molecule has 2 fully saturated rings. The van der Waals surface area contributed by atoms with Gasteiger partial charge >= 0.3 is 0 Å². The first-order chi connectivity index (χ1) is 24.3. The molecule has 51 heavy (non-hydrogen) atoms. The van der Waals surface area contributed by atoms with E-state index >= 15 is 0 Å². The maximum atomic E-state index is 14.0. The minimum absolute atomic E-state index is 0.00188. The molecular weight excluding hydrogens is 686 g/mol. The Morgan fingerprint density at radius 2 is 1.84 bits per heavy atom. The quantitative estimate of drug-likeness (QED) is 0.364. The van der Waals surface area contributed by atoms with E-state index in [1.54, 1.807) is 24.9 Å². The van der Waals surface area contributed by atoms with Gasteiger partial charge in [-0.2, -0.15) is 0 Å². The molecule has 1 spiro atoms. The molecule has 3 heterocycles. The predicted octanol–water partition coefficient (Wildman–Crippen LogP) is 6.25. The number of nitrogens with zero attached hydrogens (tertiary/aromatic N) is 2. The lowest BCUT2D eigenvalue weighted by Gasteiger charge is -2.49. The van der Waals surface area contributed by atoms with E-state index in [4.69, 9.17) is 25.8 Å². The Morgan fingerprint density at radius 1 is 1.06 bits per heavy atom. The first-order valence-electron chi connectivity index (χ1n) is 18.8. The third kappa shape index (κ3) is 7.27. The summed E-state index contributed by atoms with van der Waals surface area (Å²) < 4.78 is 36.4. The Labute approximate surface area is 308 Å². The Hall–Kier alpha value is -2.79. The molecule has 1 saturated heterocycles. The van der Waals surface area contributed by atoms with Gasteiger partial charge in [-0.3, -0.25) is 14.3 Å². The van der Waals surface area contributed by atoms with Crippen LogP contribution >= 0.6 is 11.6 Å². The highest BCUT2D eigenvalue weighted by Gasteiger charge is 2.47. The zero-order chi connectivity index (χ0) is 36.1. The molecule has 0 aromatic heterocycles. The molecule has 5 aliphatic rings. The third-order valence-corrected chi connectivity index (χ3v) is 15.4. The van der Waals surface area contributed by atoms with Gasteiger partial charge in [0.05, 0.1) is 41.3 Å². The Bertz CT molecular complexity index is 1750. The maximum Gasteiger partial charge on any atom is 0.262 e. The fourth-order valence-corrected chi connectivity index (χ4v) is 11.0. The summed E-state index contributed by atoms with van der Waals surface area (Å²) in [6.07, 6.45) is 7.59. The number of anilines is 1. The topological polar surface area (TPSA) is 97.4 Å². The van der Waals surface area contributed by atoms with Gasteiger partial charge in [-0.1, -0.05) is 31.0 Å². The number of carbonyl (C=O) groups excluding carboxylic acids is 2. The molecule has 1 unspecified atom stereocenters. The van der Waals surface area contributed by atoms with E-state index < -0.39 is 9.71 Å². The molecule has 2 bridgehead atoms. The van der Waals surface area contributed by atoms with Crippen LogP contribution in [0.25, 0.3) is 0 Å². The van der Waals surface area contributed by atoms with Crippen LogP contribution in [-0.2, 0) is 35.8 Å². The Kier molecular flexibility index (Phi) is 10.4. The summed E-state index contributed by atoms with van der Waals surface area (Å²) >= 11 is 6.49. The molecule has 3 aliphatic heterocycles. The van der Waals surface area contributed by atoms with Crippen LogP contribution in [0.2, 0.25) is 5.02 Å². The number of nitrogens with one attached hydrogen (secondary N) is 1. The van der Waals surface area contributed by atoms with Crippen molar-refractivity contribution in [2.45, 2.75) is 95.1 Å². The highest BCUT2D eigenvalue weighted by Crippen LogP contribution is 2.49. The standard InChI is InChI=1S/C40H54ClN3O6S/c1-25-8-6-10-34(39-48-21-32(22-49-39)43(4)27(3)45)33-14-11-30(33)20-44-23-40(17-7-9-28-18-31(41)13-15-35(28)40)24-50-37-16-12-29(19-36(37)44)38(46)42-51(5,47)26(25)2/h12-13,15-16,18-19,25-26,30,32-34,39H,5-11,14,17,20-24H2,1-4H3,(H,42,46,47)/t25-,26+,30-,32?,33+,34+,39?,40-,51?/m0/s1. The van der Waals surface area contributed by atoms with Gasteiger partial charge in [0.25, 0.3) is 5.91 Å². The monoisotopic (exact) mass is 739 g/mol. The predicted molar refractivity (Wildman–Crippen MR) is 203 cm³/mol. The fourth-order valence-electron chi connectivity index (χ4n) is 9.31. The lowest BCUT2D eigenvalue weighted by atomic mass is 9.64. The van der Waals surface area contributed by atoms with Crippen LogP contribution in [0.15, 0.2) is 36.4 Å². The van der Waals surface area contributed by atoms with E-state index in [-0.39, 0.29) is 46.6 Å². The first-order valence-corrected chi connectivity index (χ1v) is 21.0. The van der Waals surface area contributed by atoms with E-state index in [2.05, 4.69) is 34.5 Å². The van der Waals surface area contributed by atoms with Crippen molar-refractivity contribution in [1.82, 2.24) is 9.62 Å². The van der Waals surface area contributed by atoms with Crippen molar-refractivity contribution in [2.24, 2.45) is 23.7 Å². The van der Waals surface area contributed by atoms with Crippen molar-refractivity contribution < 1.29 is 28.0 Å². The molecule has 0 radical (unpaired) electrons. The number of amides is 2. The van der Waals surface area contributed by atoms with Crippen LogP contribution in [0.5, 0.6) is 5.75 Å². The summed E-state index contributed by atoms with van der Waals surface area (Å²) in [5, 5.41) is 0.444. The second kappa shape index (κ2) is 14.6. The summed E-state index contributed by atoms with van der Waals surface area (Å²) in [5.41, 5.74) is 3.70. The number of aryl methyl sites for hydroxylation is 1. The largest absolute Gasteiger partial charge is 0.490 e. The van der Waals surface area contributed by atoms with Gasteiger partial charge in [-0.15, -0.1) is 0 Å². The van der Waals surface area contributed by atoms with Gasteiger partial charge < -0.3 is 24.0 Å². The number of hydrogen-bond donors (Lipinski definition) is 1. The fraction of sp³-hybridized carbons (Fsp3) is 0.625. The molecule has 11 heteroatoms. The second-order valence-corrected chi connectivity index (χ2v) is 18.9. The Morgan fingerprint density at radius 3 is 2.57 bits per heavy atom. The number of carbonyl (C=O) groups is 2. The summed E-state index contributed by atoms with van der Waals surface area (Å²) in [5.74, 6) is 5.50. The number of likely N-dealkylation sites (N-methyl/N-ethyl adjacent to an activating group) is 1. The molecule has 7 atom stereocenters. The highest BCUT2D eigenvalue weighted by molar-refractivity contribution is 7.99. The molecule has 2 aromatic rings. The normalized spacial score (nSPS) is 35.7. The van der Waals surface area contributed by atoms with Crippen LogP contribution in [-0.4, -0.2) is 84.3 Å². The van der Waals surface area contributed by atoms with Crippen molar-refractivity contribution in [3.63, 3.8) is 0 Å². The summed E-state index contributed by atoms with van der Waals surface area (Å²) in [6, 6.07) is 11.8. The minimum Gasteiger partial charge on any atom is -0.490 e. The molecular formula is C40H54ClN3O6S. The lowest BCUT2D eigenvalue weighted by Crippen LogP contribution is -2.53. The number of ether oxygens (including phenoxy) is 3. The van der Waals surface area contributed by atoms with Crippen molar-refractivity contribution in [3.8, 4) is 5.75 Å². The van der Waals surface area contributed by atoms with E-state index in [0.717, 1.165) is 80.9 Å². The molecule has 2 aliphatic carbocycles. The molecule has 1 N–H and O–H groups in total. The average Bonchev–Trinajstić information content (AvgIpc) is 3.25. The first kappa shape index (κ1) is 36.6. The van der Waals surface area contributed by atoms with Gasteiger partial charge in [-0.25, -0.2) is 4.21 Å². The smallest absolute Gasteiger partial charge is 0.262 e. The molecule has 2 amide bonds. The second-order valence-electron chi connectivity index (χ2n) is 16.0. The van der Waals surface area contributed by atoms with Crippen LogP contribution < -0.4 is 14.4 Å². The minimum atomic E-state index is -2.94. The number of rotatable bonds is 2. The number of benzene rings is 2. The van der Waals surface area contributed by atoms with E-state index in [1.807, 2.05) is 25.1 Å². The molecule has 7 rings (SSSR count). The third-order valence-electron chi connectivity index (χ3n) is 12.9.